The molecule has 3 aromatic heterocycles. The van der Waals surface area contributed by atoms with Crippen molar-refractivity contribution in [2.45, 2.75) is 6.18 Å². The molecule has 1 N–H and O–H groups in total. The monoisotopic (exact) mass is 477 g/mol. The molecule has 0 atom stereocenters. The van der Waals surface area contributed by atoms with E-state index in [4.69, 9.17) is 0 Å². The summed E-state index contributed by atoms with van der Waals surface area (Å²) < 4.78 is 67.7. The van der Waals surface area contributed by atoms with Gasteiger partial charge in [0.2, 0.25) is 0 Å². The molecule has 0 amide bonds. The number of nitrogens with zero attached hydrogens (tertiary/aromatic N) is 4. The van der Waals surface area contributed by atoms with Gasteiger partial charge in [0.25, 0.3) is 10.0 Å². The number of alkyl halides is 3. The van der Waals surface area contributed by atoms with Gasteiger partial charge < -0.3 is 9.72 Å². The number of benzene rings is 1. The average molecular weight is 477 g/mol. The molecule has 4 rings (SSSR count). The maximum Gasteiger partial charge on any atom is 0.491 e. The highest BCUT2D eigenvalue weighted by Gasteiger charge is 2.42. The van der Waals surface area contributed by atoms with E-state index in [1.165, 1.54) is 18.5 Å². The quantitative estimate of drug-likeness (QED) is 0.438. The number of rotatable bonds is 5. The molecule has 0 spiro atoms. The molecular formula is C20H14F3N5O4S. The number of aromatic nitrogens is 5. The van der Waals surface area contributed by atoms with E-state index in [0.29, 0.717) is 9.78 Å². The van der Waals surface area contributed by atoms with E-state index in [1.807, 2.05) is 6.07 Å². The summed E-state index contributed by atoms with van der Waals surface area (Å²) in [5, 5.41) is 3.70. The van der Waals surface area contributed by atoms with Gasteiger partial charge in [-0.3, -0.25) is 0 Å². The fourth-order valence-corrected chi connectivity index (χ4v) is 3.45. The normalized spacial score (nSPS) is 12.0. The van der Waals surface area contributed by atoms with E-state index in [2.05, 4.69) is 24.8 Å². The number of hydrogen-bond acceptors (Lipinski definition) is 7. The summed E-state index contributed by atoms with van der Waals surface area (Å²) in [6.07, 6.45) is 0.535. The van der Waals surface area contributed by atoms with Crippen molar-refractivity contribution in [3.63, 3.8) is 0 Å². The SMILES string of the molecule is CS(=O)(=O)n1cc(-c2ccnc(-c3ncc(-c4ccccc4)[nH]3)c2OC(=O)C(F)(F)F)cn1. The van der Waals surface area contributed by atoms with Crippen LogP contribution in [0.15, 0.2) is 61.2 Å². The van der Waals surface area contributed by atoms with Crippen LogP contribution in [0.25, 0.3) is 33.9 Å². The zero-order chi connectivity index (χ0) is 23.8. The maximum atomic E-state index is 13.0. The van der Waals surface area contributed by atoms with Crippen LogP contribution in [0.2, 0.25) is 0 Å². The molecule has 33 heavy (non-hydrogen) atoms. The summed E-state index contributed by atoms with van der Waals surface area (Å²) in [6, 6.07) is 10.3. The predicted octanol–water partition coefficient (Wildman–Crippen LogP) is 3.28. The van der Waals surface area contributed by atoms with Crippen LogP contribution in [0.1, 0.15) is 0 Å². The van der Waals surface area contributed by atoms with Gasteiger partial charge in [-0.1, -0.05) is 30.3 Å². The molecule has 0 saturated carbocycles. The van der Waals surface area contributed by atoms with E-state index >= 15 is 0 Å². The highest BCUT2D eigenvalue weighted by atomic mass is 32.2. The van der Waals surface area contributed by atoms with E-state index in [1.54, 1.807) is 24.3 Å². The van der Waals surface area contributed by atoms with Crippen molar-refractivity contribution >= 4 is 16.0 Å². The van der Waals surface area contributed by atoms with Crippen LogP contribution in [0.3, 0.4) is 0 Å². The van der Waals surface area contributed by atoms with Gasteiger partial charge in [0.1, 0.15) is 5.69 Å². The van der Waals surface area contributed by atoms with Crippen molar-refractivity contribution in [1.82, 2.24) is 24.1 Å². The van der Waals surface area contributed by atoms with Gasteiger partial charge in [0.05, 0.1) is 30.5 Å². The van der Waals surface area contributed by atoms with Crippen LogP contribution in [0.5, 0.6) is 5.75 Å². The van der Waals surface area contributed by atoms with E-state index in [-0.39, 0.29) is 22.6 Å². The van der Waals surface area contributed by atoms with Crippen molar-refractivity contribution in [2.24, 2.45) is 0 Å². The van der Waals surface area contributed by atoms with Gasteiger partial charge in [-0.05, 0) is 11.6 Å². The van der Waals surface area contributed by atoms with Gasteiger partial charge in [-0.15, -0.1) is 0 Å². The van der Waals surface area contributed by atoms with Crippen molar-refractivity contribution < 1.29 is 31.1 Å². The van der Waals surface area contributed by atoms with Crippen LogP contribution >= 0.6 is 0 Å². The lowest BCUT2D eigenvalue weighted by atomic mass is 10.1. The highest BCUT2D eigenvalue weighted by Crippen LogP contribution is 2.38. The number of ether oxygens (including phenoxy) is 1. The first-order chi connectivity index (χ1) is 15.5. The number of hydrogen-bond donors (Lipinski definition) is 1. The Bertz CT molecular complexity index is 1430. The lowest BCUT2D eigenvalue weighted by Crippen LogP contribution is -2.28. The van der Waals surface area contributed by atoms with Crippen molar-refractivity contribution in [2.75, 3.05) is 6.26 Å². The number of imidazole rings is 1. The van der Waals surface area contributed by atoms with Gasteiger partial charge >= 0.3 is 12.1 Å². The number of halogens is 3. The molecule has 1 aromatic carbocycles. The average Bonchev–Trinajstić information content (AvgIpc) is 3.44. The first-order valence-electron chi connectivity index (χ1n) is 9.18. The molecule has 4 aromatic rings. The third-order valence-electron chi connectivity index (χ3n) is 4.43. The lowest BCUT2D eigenvalue weighted by Gasteiger charge is -2.13. The van der Waals surface area contributed by atoms with Crippen LogP contribution in [0.4, 0.5) is 13.2 Å². The molecule has 0 aliphatic rings. The minimum absolute atomic E-state index is 0.0369. The van der Waals surface area contributed by atoms with E-state index < -0.39 is 27.9 Å². The van der Waals surface area contributed by atoms with Crippen molar-refractivity contribution in [1.29, 1.82) is 0 Å². The molecule has 13 heteroatoms. The second-order valence-electron chi connectivity index (χ2n) is 6.80. The van der Waals surface area contributed by atoms with Gasteiger partial charge in [-0.2, -0.15) is 22.4 Å². The zero-order valence-corrected chi connectivity index (χ0v) is 17.6. The molecule has 0 aliphatic heterocycles. The first-order valence-corrected chi connectivity index (χ1v) is 11.0. The standard InChI is InChI=1S/C20H14F3N5O4S/c1-33(30,31)28-11-13(9-26-28)14-7-8-24-16(17(14)32-19(29)20(21,22)23)18-25-10-15(27-18)12-5-3-2-4-6-12/h2-11H,1H3,(H,25,27). The van der Waals surface area contributed by atoms with Crippen LogP contribution < -0.4 is 4.74 Å². The molecule has 9 nitrogen and oxygen atoms in total. The molecule has 0 bridgehead atoms. The predicted molar refractivity (Wildman–Crippen MR) is 110 cm³/mol. The maximum absolute atomic E-state index is 13.0. The number of H-pyrrole nitrogens is 1. The zero-order valence-electron chi connectivity index (χ0n) is 16.7. The number of pyridine rings is 1. The van der Waals surface area contributed by atoms with E-state index in [0.717, 1.165) is 24.2 Å². The Hall–Kier alpha value is -4.00. The smallest absolute Gasteiger partial charge is 0.417 e. The van der Waals surface area contributed by atoms with Crippen LogP contribution in [0, 0.1) is 0 Å². The highest BCUT2D eigenvalue weighted by molar-refractivity contribution is 7.89. The number of carbonyl (C=O) groups excluding carboxylic acids is 1. The molecule has 0 unspecified atom stereocenters. The summed E-state index contributed by atoms with van der Waals surface area (Å²) in [5.41, 5.74) is 1.18. The summed E-state index contributed by atoms with van der Waals surface area (Å²) in [7, 11) is -3.76. The Balaban J connectivity index is 1.85. The first kappa shape index (κ1) is 22.2. The molecular weight excluding hydrogens is 463 g/mol. The lowest BCUT2D eigenvalue weighted by molar-refractivity contribution is -0.189. The second-order valence-corrected chi connectivity index (χ2v) is 8.64. The Kier molecular flexibility index (Phi) is 5.49. The topological polar surface area (TPSA) is 120 Å². The minimum Gasteiger partial charge on any atom is -0.417 e. The van der Waals surface area contributed by atoms with E-state index in [9.17, 15) is 26.4 Å². The molecule has 0 saturated heterocycles. The molecule has 0 fully saturated rings. The third kappa shape index (κ3) is 4.62. The summed E-state index contributed by atoms with van der Waals surface area (Å²) >= 11 is 0. The van der Waals surface area contributed by atoms with Crippen LogP contribution in [-0.4, -0.2) is 51.0 Å². The molecule has 170 valence electrons. The number of carbonyl (C=O) groups is 1. The second kappa shape index (κ2) is 8.16. The Labute approximate surface area is 184 Å². The Morgan fingerprint density at radius 3 is 2.42 bits per heavy atom. The van der Waals surface area contributed by atoms with Crippen molar-refractivity contribution in [3.05, 3.63) is 61.2 Å². The Morgan fingerprint density at radius 1 is 1.06 bits per heavy atom. The fourth-order valence-electron chi connectivity index (χ4n) is 2.93. The summed E-state index contributed by atoms with van der Waals surface area (Å²) in [6.45, 7) is 0. The minimum atomic E-state index is -5.28. The fraction of sp³-hybridized carbons (Fsp3) is 0.100. The Morgan fingerprint density at radius 2 is 1.79 bits per heavy atom. The third-order valence-corrected chi connectivity index (χ3v) is 5.31. The number of aromatic amines is 1. The molecule has 0 radical (unpaired) electrons. The molecule has 3 heterocycles. The molecule has 0 aliphatic carbocycles. The van der Waals surface area contributed by atoms with Gasteiger partial charge in [-0.25, -0.2) is 23.2 Å². The number of esters is 1. The summed E-state index contributed by atoms with van der Waals surface area (Å²) in [4.78, 5) is 22.8. The largest absolute Gasteiger partial charge is 0.491 e. The van der Waals surface area contributed by atoms with Crippen LogP contribution in [-0.2, 0) is 14.8 Å². The van der Waals surface area contributed by atoms with Gasteiger partial charge in [0.15, 0.2) is 11.6 Å². The van der Waals surface area contributed by atoms with Gasteiger partial charge in [0, 0.05) is 17.3 Å². The summed E-state index contributed by atoms with van der Waals surface area (Å²) in [5.74, 6) is -2.98. The number of nitrogens with one attached hydrogen (secondary N) is 1. The van der Waals surface area contributed by atoms with Crippen molar-refractivity contribution in [3.8, 4) is 39.7 Å².